The van der Waals surface area contributed by atoms with Crippen molar-refractivity contribution in [3.63, 3.8) is 0 Å². The minimum Gasteiger partial charge on any atom is -0.411 e. The monoisotopic (exact) mass is 140 g/mol. The van der Waals surface area contributed by atoms with Crippen LogP contribution in [0.3, 0.4) is 0 Å². The van der Waals surface area contributed by atoms with E-state index in [1.807, 2.05) is 20.8 Å². The second-order valence-electron chi connectivity index (χ2n) is 3.36. The minimum absolute atomic E-state index is 0.0365. The summed E-state index contributed by atoms with van der Waals surface area (Å²) in [5.41, 5.74) is 0.790. The van der Waals surface area contributed by atoms with E-state index in [0.29, 0.717) is 0 Å². The predicted octanol–water partition coefficient (Wildman–Crippen LogP) is 1.42. The van der Waals surface area contributed by atoms with Crippen molar-refractivity contribution in [1.82, 2.24) is 9.94 Å². The first kappa shape index (κ1) is 7.12. The van der Waals surface area contributed by atoms with E-state index in [2.05, 4.69) is 5.10 Å². The molecule has 0 atom stereocenters. The molecule has 0 saturated heterocycles. The quantitative estimate of drug-likeness (QED) is 0.553. The Hall–Kier alpha value is -0.990. The molecular weight excluding hydrogens is 128 g/mol. The third-order valence-electron chi connectivity index (χ3n) is 1.39. The molecule has 10 heavy (non-hydrogen) atoms. The van der Waals surface area contributed by atoms with Gasteiger partial charge in [0.05, 0.1) is 11.9 Å². The van der Waals surface area contributed by atoms with E-state index in [9.17, 15) is 0 Å². The van der Waals surface area contributed by atoms with Crippen LogP contribution in [0.5, 0.6) is 0 Å². The molecule has 0 spiro atoms. The molecule has 0 radical (unpaired) electrons. The lowest BCUT2D eigenvalue weighted by atomic mass is 9.93. The molecular formula is C7H12N2O. The van der Waals surface area contributed by atoms with Gasteiger partial charge < -0.3 is 5.21 Å². The molecule has 0 bridgehead atoms. The molecule has 1 aromatic rings. The lowest BCUT2D eigenvalue weighted by molar-refractivity contribution is 0.131. The summed E-state index contributed by atoms with van der Waals surface area (Å²) in [6.45, 7) is 6.07. The van der Waals surface area contributed by atoms with Gasteiger partial charge in [0, 0.05) is 5.41 Å². The van der Waals surface area contributed by atoms with Gasteiger partial charge in [-0.1, -0.05) is 20.8 Å². The maximum Gasteiger partial charge on any atom is 0.0851 e. The van der Waals surface area contributed by atoms with E-state index in [-0.39, 0.29) is 5.41 Å². The van der Waals surface area contributed by atoms with Crippen LogP contribution in [0.25, 0.3) is 0 Å². The molecule has 3 nitrogen and oxygen atoms in total. The van der Waals surface area contributed by atoms with Gasteiger partial charge in [0.15, 0.2) is 0 Å². The van der Waals surface area contributed by atoms with Crippen molar-refractivity contribution in [2.24, 2.45) is 0 Å². The Morgan fingerprint density at radius 3 is 2.30 bits per heavy atom. The first-order valence-electron chi connectivity index (χ1n) is 3.25. The molecule has 3 heteroatoms. The van der Waals surface area contributed by atoms with Gasteiger partial charge in [0.25, 0.3) is 0 Å². The second kappa shape index (κ2) is 2.01. The second-order valence-corrected chi connectivity index (χ2v) is 3.36. The van der Waals surface area contributed by atoms with Gasteiger partial charge in [0.2, 0.25) is 0 Å². The zero-order valence-electron chi connectivity index (χ0n) is 6.50. The maximum atomic E-state index is 9.09. The molecule has 0 unspecified atom stereocenters. The molecule has 0 amide bonds. The van der Waals surface area contributed by atoms with Crippen molar-refractivity contribution in [3.05, 3.63) is 18.0 Å². The van der Waals surface area contributed by atoms with Crippen molar-refractivity contribution >= 4 is 0 Å². The summed E-state index contributed by atoms with van der Waals surface area (Å²) in [5, 5.41) is 12.7. The average Bonchev–Trinajstić information content (AvgIpc) is 2.11. The van der Waals surface area contributed by atoms with E-state index in [1.165, 1.54) is 0 Å². The van der Waals surface area contributed by atoms with Gasteiger partial charge in [-0.25, -0.2) is 0 Å². The molecule has 1 heterocycles. The fraction of sp³-hybridized carbons (Fsp3) is 0.571. The number of rotatable bonds is 0. The van der Waals surface area contributed by atoms with Crippen LogP contribution in [0.2, 0.25) is 0 Å². The van der Waals surface area contributed by atoms with E-state index >= 15 is 0 Å². The van der Waals surface area contributed by atoms with Crippen LogP contribution < -0.4 is 0 Å². The van der Waals surface area contributed by atoms with Crippen LogP contribution in [0.15, 0.2) is 12.3 Å². The van der Waals surface area contributed by atoms with E-state index in [1.54, 1.807) is 12.3 Å². The van der Waals surface area contributed by atoms with Crippen LogP contribution in [0.1, 0.15) is 26.5 Å². The normalized spacial score (nSPS) is 11.9. The Bertz CT molecular complexity index is 222. The lowest BCUT2D eigenvalue weighted by Gasteiger charge is -2.16. The Morgan fingerprint density at radius 2 is 2.10 bits per heavy atom. The largest absolute Gasteiger partial charge is 0.411 e. The zero-order valence-corrected chi connectivity index (χ0v) is 6.50. The van der Waals surface area contributed by atoms with E-state index < -0.39 is 0 Å². The highest BCUT2D eigenvalue weighted by molar-refractivity contribution is 5.10. The van der Waals surface area contributed by atoms with E-state index in [4.69, 9.17) is 5.21 Å². The third-order valence-corrected chi connectivity index (χ3v) is 1.39. The lowest BCUT2D eigenvalue weighted by Crippen LogP contribution is -2.16. The van der Waals surface area contributed by atoms with Crippen molar-refractivity contribution in [2.75, 3.05) is 0 Å². The van der Waals surface area contributed by atoms with Crippen LogP contribution in [0.4, 0.5) is 0 Å². The highest BCUT2D eigenvalue weighted by atomic mass is 16.5. The average molecular weight is 140 g/mol. The Morgan fingerprint density at radius 1 is 1.50 bits per heavy atom. The van der Waals surface area contributed by atoms with Gasteiger partial charge in [-0.3, -0.25) is 0 Å². The van der Waals surface area contributed by atoms with Crippen molar-refractivity contribution < 1.29 is 5.21 Å². The first-order chi connectivity index (χ1) is 4.52. The summed E-state index contributed by atoms with van der Waals surface area (Å²) in [7, 11) is 0. The van der Waals surface area contributed by atoms with Crippen LogP contribution in [0, 0.1) is 0 Å². The molecule has 0 aliphatic carbocycles. The molecule has 0 fully saturated rings. The summed E-state index contributed by atoms with van der Waals surface area (Å²) >= 11 is 0. The predicted molar refractivity (Wildman–Crippen MR) is 38.1 cm³/mol. The molecule has 0 aliphatic heterocycles. The Kier molecular flexibility index (Phi) is 1.43. The van der Waals surface area contributed by atoms with Crippen molar-refractivity contribution in [2.45, 2.75) is 26.2 Å². The van der Waals surface area contributed by atoms with Crippen LogP contribution >= 0.6 is 0 Å². The van der Waals surface area contributed by atoms with Crippen molar-refractivity contribution in [1.29, 1.82) is 0 Å². The molecule has 1 N–H and O–H groups in total. The summed E-state index contributed by atoms with van der Waals surface area (Å²) < 4.78 is 0. The minimum atomic E-state index is -0.0365. The van der Waals surface area contributed by atoms with Gasteiger partial charge >= 0.3 is 0 Å². The molecule has 1 rings (SSSR count). The maximum absolute atomic E-state index is 9.09. The van der Waals surface area contributed by atoms with Crippen molar-refractivity contribution in [3.8, 4) is 0 Å². The first-order valence-corrected chi connectivity index (χ1v) is 3.25. The number of nitrogens with zero attached hydrogens (tertiary/aromatic N) is 2. The van der Waals surface area contributed by atoms with Crippen LogP contribution in [-0.2, 0) is 5.41 Å². The number of hydrogen-bond acceptors (Lipinski definition) is 2. The number of aromatic nitrogens is 2. The summed E-state index contributed by atoms with van der Waals surface area (Å²) in [6.07, 6.45) is 1.58. The highest BCUT2D eigenvalue weighted by Crippen LogP contribution is 2.19. The van der Waals surface area contributed by atoms with E-state index in [0.717, 1.165) is 10.5 Å². The Labute approximate surface area is 60.2 Å². The topological polar surface area (TPSA) is 38.0 Å². The molecule has 56 valence electrons. The summed E-state index contributed by atoms with van der Waals surface area (Å²) in [6, 6.07) is 1.81. The fourth-order valence-corrected chi connectivity index (χ4v) is 0.846. The smallest absolute Gasteiger partial charge is 0.0851 e. The third kappa shape index (κ3) is 1.12. The molecule has 0 aromatic carbocycles. The summed E-state index contributed by atoms with van der Waals surface area (Å²) in [4.78, 5) is 0.917. The molecule has 0 aliphatic rings. The van der Waals surface area contributed by atoms with Crippen LogP contribution in [-0.4, -0.2) is 15.2 Å². The fourth-order valence-electron chi connectivity index (χ4n) is 0.846. The highest BCUT2D eigenvalue weighted by Gasteiger charge is 2.18. The molecule has 1 aromatic heterocycles. The zero-order chi connectivity index (χ0) is 7.78. The van der Waals surface area contributed by atoms with Gasteiger partial charge in [-0.2, -0.15) is 0 Å². The van der Waals surface area contributed by atoms with Gasteiger partial charge in [-0.15, -0.1) is 9.94 Å². The Balaban J connectivity index is 3.05. The number of hydrogen-bond donors (Lipinski definition) is 1. The standard InChI is InChI=1S/C7H12N2O/c1-7(2,3)6-4-5-8-9(6)10/h4-5,10H,1-3H3. The van der Waals surface area contributed by atoms with Gasteiger partial charge in [0.1, 0.15) is 0 Å². The summed E-state index contributed by atoms with van der Waals surface area (Å²) in [5.74, 6) is 0. The molecule has 0 saturated carbocycles. The SMILES string of the molecule is CC(C)(C)c1ccnn1O. The van der Waals surface area contributed by atoms with Gasteiger partial charge in [-0.05, 0) is 6.07 Å².